The normalized spacial score (nSPS) is 18.9. The van der Waals surface area contributed by atoms with Crippen molar-refractivity contribution in [3.63, 3.8) is 0 Å². The Morgan fingerprint density at radius 2 is 2.05 bits per heavy atom. The van der Waals surface area contributed by atoms with E-state index >= 15 is 0 Å². The zero-order valence-corrected chi connectivity index (χ0v) is 12.7. The number of nitrogens with one attached hydrogen (secondary N) is 1. The maximum Gasteiger partial charge on any atom is 0.131 e. The minimum Gasteiger partial charge on any atom is -0.496 e. The van der Waals surface area contributed by atoms with Gasteiger partial charge in [-0.15, -0.1) is 0 Å². The van der Waals surface area contributed by atoms with Crippen LogP contribution in [0.2, 0.25) is 0 Å². The van der Waals surface area contributed by atoms with E-state index in [1.807, 2.05) is 6.07 Å². The Bertz CT molecular complexity index is 428. The van der Waals surface area contributed by atoms with Crippen LogP contribution in [-0.4, -0.2) is 34.4 Å². The molecule has 0 radical (unpaired) electrons. The molecule has 1 aromatic rings. The zero-order chi connectivity index (χ0) is 14.4. The van der Waals surface area contributed by atoms with Gasteiger partial charge in [0.05, 0.1) is 26.4 Å². The van der Waals surface area contributed by atoms with E-state index in [2.05, 4.69) is 11.4 Å². The molecule has 4 heteroatoms. The van der Waals surface area contributed by atoms with E-state index in [4.69, 9.17) is 14.2 Å². The Kier molecular flexibility index (Phi) is 5.68. The van der Waals surface area contributed by atoms with Crippen LogP contribution < -0.4 is 14.8 Å². The first-order valence-electron chi connectivity index (χ1n) is 7.22. The van der Waals surface area contributed by atoms with Gasteiger partial charge in [-0.25, -0.2) is 0 Å². The first-order valence-corrected chi connectivity index (χ1v) is 7.22. The second kappa shape index (κ2) is 7.50. The Morgan fingerprint density at radius 3 is 2.65 bits per heavy atom. The largest absolute Gasteiger partial charge is 0.496 e. The van der Waals surface area contributed by atoms with Gasteiger partial charge in [0.1, 0.15) is 11.5 Å². The van der Waals surface area contributed by atoms with E-state index in [0.29, 0.717) is 12.5 Å². The van der Waals surface area contributed by atoms with Gasteiger partial charge in [-0.05, 0) is 49.9 Å². The van der Waals surface area contributed by atoms with Gasteiger partial charge in [-0.2, -0.15) is 0 Å². The third-order valence-corrected chi connectivity index (χ3v) is 3.92. The average molecular weight is 279 g/mol. The highest BCUT2D eigenvalue weighted by Gasteiger charge is 2.19. The lowest BCUT2D eigenvalue weighted by Gasteiger charge is -2.24. The molecule has 1 aliphatic rings. The molecule has 112 valence electrons. The molecule has 4 nitrogen and oxygen atoms in total. The molecule has 1 unspecified atom stereocenters. The van der Waals surface area contributed by atoms with E-state index < -0.39 is 0 Å². The van der Waals surface area contributed by atoms with Crippen molar-refractivity contribution in [2.75, 3.05) is 34.4 Å². The summed E-state index contributed by atoms with van der Waals surface area (Å²) in [5, 5.41) is 3.46. The average Bonchev–Trinajstić information content (AvgIpc) is 2.49. The van der Waals surface area contributed by atoms with Crippen LogP contribution in [0.1, 0.15) is 24.0 Å². The third kappa shape index (κ3) is 3.44. The predicted molar refractivity (Wildman–Crippen MR) is 79.6 cm³/mol. The summed E-state index contributed by atoms with van der Waals surface area (Å²) in [5.41, 5.74) is 2.24. The lowest BCUT2D eigenvalue weighted by atomic mass is 9.91. The summed E-state index contributed by atoms with van der Waals surface area (Å²) in [5.74, 6) is 2.42. The molecule has 0 aromatic heterocycles. The van der Waals surface area contributed by atoms with Crippen LogP contribution in [-0.2, 0) is 17.8 Å². The number of hydrogen-bond donors (Lipinski definition) is 1. The van der Waals surface area contributed by atoms with Gasteiger partial charge in [-0.3, -0.25) is 0 Å². The van der Waals surface area contributed by atoms with Crippen molar-refractivity contribution in [3.8, 4) is 11.5 Å². The smallest absolute Gasteiger partial charge is 0.131 e. The Balaban J connectivity index is 2.24. The summed E-state index contributed by atoms with van der Waals surface area (Å²) in [4.78, 5) is 0. The first kappa shape index (κ1) is 15.1. The monoisotopic (exact) mass is 279 g/mol. The molecule has 1 saturated heterocycles. The van der Waals surface area contributed by atoms with Gasteiger partial charge in [0.2, 0.25) is 0 Å². The molecule has 2 rings (SSSR count). The molecular weight excluding hydrogens is 254 g/mol. The molecular formula is C16H25NO3. The minimum atomic E-state index is 0.503. The van der Waals surface area contributed by atoms with Gasteiger partial charge in [-0.1, -0.05) is 6.07 Å². The van der Waals surface area contributed by atoms with E-state index in [-0.39, 0.29) is 0 Å². The second-order valence-corrected chi connectivity index (χ2v) is 5.29. The van der Waals surface area contributed by atoms with Crippen molar-refractivity contribution in [2.24, 2.45) is 5.92 Å². The molecule has 0 bridgehead atoms. The van der Waals surface area contributed by atoms with Gasteiger partial charge in [0.15, 0.2) is 0 Å². The van der Waals surface area contributed by atoms with Crippen LogP contribution in [0.15, 0.2) is 12.1 Å². The third-order valence-electron chi connectivity index (χ3n) is 3.92. The highest BCUT2D eigenvalue weighted by molar-refractivity contribution is 5.50. The number of rotatable bonds is 6. The molecule has 1 atom stereocenters. The molecule has 0 saturated carbocycles. The first-order chi connectivity index (χ1) is 9.80. The van der Waals surface area contributed by atoms with Crippen molar-refractivity contribution in [1.29, 1.82) is 0 Å². The number of benzene rings is 1. The summed E-state index contributed by atoms with van der Waals surface area (Å²) >= 11 is 0. The fourth-order valence-corrected chi connectivity index (χ4v) is 2.95. The fourth-order valence-electron chi connectivity index (χ4n) is 2.95. The quantitative estimate of drug-likeness (QED) is 0.868. The summed E-state index contributed by atoms with van der Waals surface area (Å²) < 4.78 is 16.3. The fraction of sp³-hybridized carbons (Fsp3) is 0.625. The molecule has 1 aromatic carbocycles. The number of piperidine rings is 1. The van der Waals surface area contributed by atoms with Gasteiger partial charge < -0.3 is 19.5 Å². The molecule has 0 aliphatic carbocycles. The van der Waals surface area contributed by atoms with Crippen LogP contribution >= 0.6 is 0 Å². The van der Waals surface area contributed by atoms with Crippen molar-refractivity contribution < 1.29 is 14.2 Å². The van der Waals surface area contributed by atoms with Crippen LogP contribution in [0, 0.1) is 5.92 Å². The second-order valence-electron chi connectivity index (χ2n) is 5.29. The van der Waals surface area contributed by atoms with Crippen LogP contribution in [0.3, 0.4) is 0 Å². The molecule has 0 spiro atoms. The lowest BCUT2D eigenvalue weighted by Crippen LogP contribution is -2.31. The minimum absolute atomic E-state index is 0.503. The van der Waals surface area contributed by atoms with E-state index in [1.54, 1.807) is 21.3 Å². The number of hydrogen-bond acceptors (Lipinski definition) is 4. The zero-order valence-electron chi connectivity index (χ0n) is 12.7. The van der Waals surface area contributed by atoms with Gasteiger partial charge >= 0.3 is 0 Å². The highest BCUT2D eigenvalue weighted by Crippen LogP contribution is 2.34. The van der Waals surface area contributed by atoms with Crippen LogP contribution in [0.4, 0.5) is 0 Å². The van der Waals surface area contributed by atoms with Crippen molar-refractivity contribution >= 4 is 0 Å². The molecule has 1 fully saturated rings. The molecule has 1 heterocycles. The van der Waals surface area contributed by atoms with E-state index in [0.717, 1.165) is 36.6 Å². The maximum absolute atomic E-state index is 5.63. The van der Waals surface area contributed by atoms with Crippen LogP contribution in [0.5, 0.6) is 11.5 Å². The maximum atomic E-state index is 5.63. The van der Waals surface area contributed by atoms with Gasteiger partial charge in [0.25, 0.3) is 0 Å². The Hall–Kier alpha value is -1.26. The predicted octanol–water partition coefficient (Wildman–Crippen LogP) is 2.39. The van der Waals surface area contributed by atoms with Gasteiger partial charge in [0, 0.05) is 7.11 Å². The summed E-state index contributed by atoms with van der Waals surface area (Å²) in [6.07, 6.45) is 3.58. The summed E-state index contributed by atoms with van der Waals surface area (Å²) in [6, 6.07) is 4.13. The highest BCUT2D eigenvalue weighted by atomic mass is 16.5. The molecule has 1 aliphatic heterocycles. The number of methoxy groups -OCH3 is 3. The molecule has 20 heavy (non-hydrogen) atoms. The standard InChI is InChI=1S/C16H25NO3/c1-18-11-14-15(19-2)7-6-13(16(14)20-3)9-12-5-4-8-17-10-12/h6-7,12,17H,4-5,8-11H2,1-3H3. The molecule has 0 amide bonds. The van der Waals surface area contributed by atoms with E-state index in [1.165, 1.54) is 18.4 Å². The molecule has 1 N–H and O–H groups in total. The van der Waals surface area contributed by atoms with Crippen molar-refractivity contribution in [2.45, 2.75) is 25.9 Å². The van der Waals surface area contributed by atoms with E-state index in [9.17, 15) is 0 Å². The summed E-state index contributed by atoms with van der Waals surface area (Å²) in [7, 11) is 5.09. The van der Waals surface area contributed by atoms with Crippen molar-refractivity contribution in [3.05, 3.63) is 23.3 Å². The SMILES string of the molecule is COCc1c(OC)ccc(CC2CCCNC2)c1OC. The topological polar surface area (TPSA) is 39.7 Å². The Morgan fingerprint density at radius 1 is 1.20 bits per heavy atom. The summed E-state index contributed by atoms with van der Waals surface area (Å²) in [6.45, 7) is 2.74. The number of ether oxygens (including phenoxy) is 3. The van der Waals surface area contributed by atoms with Crippen LogP contribution in [0.25, 0.3) is 0 Å². The Labute approximate surface area is 121 Å². The lowest BCUT2D eigenvalue weighted by molar-refractivity contribution is 0.178. The van der Waals surface area contributed by atoms with Crippen molar-refractivity contribution in [1.82, 2.24) is 5.32 Å².